The van der Waals surface area contributed by atoms with Gasteiger partial charge in [0.15, 0.2) is 0 Å². The minimum absolute atomic E-state index is 0.171. The number of rotatable bonds is 4. The summed E-state index contributed by atoms with van der Waals surface area (Å²) in [6.45, 7) is 0.171. The van der Waals surface area contributed by atoms with Crippen LogP contribution in [0, 0.1) is 0 Å². The summed E-state index contributed by atoms with van der Waals surface area (Å²) in [5.74, 6) is 0. The van der Waals surface area contributed by atoms with Gasteiger partial charge in [0.25, 0.3) is 10.0 Å². The molecule has 6 nitrogen and oxygen atoms in total. The van der Waals surface area contributed by atoms with Gasteiger partial charge in [-0.2, -0.15) is 5.10 Å². The number of aromatic nitrogens is 2. The molecule has 1 aromatic heterocycles. The van der Waals surface area contributed by atoms with Gasteiger partial charge in [0, 0.05) is 19.8 Å². The summed E-state index contributed by atoms with van der Waals surface area (Å²) in [5.41, 5.74) is 6.53. The number of benzene rings is 1. The van der Waals surface area contributed by atoms with Gasteiger partial charge in [0.1, 0.15) is 0 Å². The van der Waals surface area contributed by atoms with E-state index in [1.807, 2.05) is 0 Å². The van der Waals surface area contributed by atoms with Crippen molar-refractivity contribution in [3.63, 3.8) is 0 Å². The fraction of sp³-hybridized carbons (Fsp3) is 0.182. The molecule has 0 spiro atoms. The second-order valence-electron chi connectivity index (χ2n) is 3.82. The molecule has 0 saturated heterocycles. The van der Waals surface area contributed by atoms with Gasteiger partial charge in [-0.15, -0.1) is 0 Å². The predicted octanol–water partition coefficient (Wildman–Crippen LogP) is 0.680. The zero-order valence-corrected chi connectivity index (χ0v) is 10.7. The third-order valence-corrected chi connectivity index (χ3v) is 3.92. The van der Waals surface area contributed by atoms with Gasteiger partial charge in [0.05, 0.1) is 16.8 Å². The maximum Gasteiger partial charge on any atom is 0.262 e. The number of hydrogen-bond acceptors (Lipinski definition) is 4. The lowest BCUT2D eigenvalue weighted by atomic mass is 10.2. The lowest BCUT2D eigenvalue weighted by molar-refractivity contribution is 0.600. The Labute approximate surface area is 105 Å². The summed E-state index contributed by atoms with van der Waals surface area (Å²) in [7, 11) is -1.91. The summed E-state index contributed by atoms with van der Waals surface area (Å²) in [4.78, 5) is 0.191. The zero-order chi connectivity index (χ0) is 13.2. The maximum atomic E-state index is 12.2. The van der Waals surface area contributed by atoms with E-state index in [9.17, 15) is 8.42 Å². The molecule has 0 saturated carbocycles. The van der Waals surface area contributed by atoms with Crippen molar-refractivity contribution in [1.82, 2.24) is 9.78 Å². The first-order valence-electron chi connectivity index (χ1n) is 5.32. The van der Waals surface area contributed by atoms with E-state index in [4.69, 9.17) is 5.73 Å². The number of aryl methyl sites for hydroxylation is 1. The molecule has 0 aliphatic heterocycles. The van der Waals surface area contributed by atoms with E-state index in [2.05, 4.69) is 9.82 Å². The molecule has 1 heterocycles. The highest BCUT2D eigenvalue weighted by Crippen LogP contribution is 2.18. The molecule has 18 heavy (non-hydrogen) atoms. The van der Waals surface area contributed by atoms with Crippen LogP contribution in [0.2, 0.25) is 0 Å². The minimum Gasteiger partial charge on any atom is -0.326 e. The zero-order valence-electron chi connectivity index (χ0n) is 9.87. The van der Waals surface area contributed by atoms with Crippen LogP contribution < -0.4 is 10.5 Å². The van der Waals surface area contributed by atoms with Gasteiger partial charge in [-0.1, -0.05) is 18.2 Å². The van der Waals surface area contributed by atoms with Gasteiger partial charge < -0.3 is 5.73 Å². The second kappa shape index (κ2) is 4.79. The van der Waals surface area contributed by atoms with Crippen LogP contribution in [-0.2, 0) is 23.6 Å². The van der Waals surface area contributed by atoms with Crippen molar-refractivity contribution in [3.05, 3.63) is 42.2 Å². The molecule has 0 fully saturated rings. The lowest BCUT2D eigenvalue weighted by Gasteiger charge is -2.09. The van der Waals surface area contributed by atoms with Crippen molar-refractivity contribution in [2.45, 2.75) is 11.4 Å². The maximum absolute atomic E-state index is 12.2. The quantitative estimate of drug-likeness (QED) is 0.851. The van der Waals surface area contributed by atoms with E-state index in [0.29, 0.717) is 11.3 Å². The average Bonchev–Trinajstić information content (AvgIpc) is 2.74. The molecule has 2 aromatic rings. The molecule has 3 N–H and O–H groups in total. The molecule has 7 heteroatoms. The van der Waals surface area contributed by atoms with Crippen LogP contribution in [0.5, 0.6) is 0 Å². The van der Waals surface area contributed by atoms with E-state index in [1.54, 1.807) is 31.4 Å². The lowest BCUT2D eigenvalue weighted by Crippen LogP contribution is -2.15. The Morgan fingerprint density at radius 1 is 1.39 bits per heavy atom. The fourth-order valence-electron chi connectivity index (χ4n) is 1.62. The van der Waals surface area contributed by atoms with E-state index in [1.165, 1.54) is 16.9 Å². The Hall–Kier alpha value is -1.86. The van der Waals surface area contributed by atoms with Gasteiger partial charge in [0.2, 0.25) is 0 Å². The van der Waals surface area contributed by atoms with Crippen LogP contribution >= 0.6 is 0 Å². The van der Waals surface area contributed by atoms with Crippen LogP contribution in [0.15, 0.2) is 41.6 Å². The smallest absolute Gasteiger partial charge is 0.262 e. The molecule has 0 bridgehead atoms. The third kappa shape index (κ3) is 2.52. The normalized spacial score (nSPS) is 11.4. The van der Waals surface area contributed by atoms with Gasteiger partial charge in [-0.3, -0.25) is 9.40 Å². The third-order valence-electron chi connectivity index (χ3n) is 2.44. The first-order chi connectivity index (χ1) is 8.53. The number of hydrogen-bond donors (Lipinski definition) is 2. The Kier molecular flexibility index (Phi) is 3.35. The number of nitrogens with zero attached hydrogens (tertiary/aromatic N) is 2. The molecule has 0 aliphatic rings. The molecular formula is C11H14N4O2S. The minimum atomic E-state index is -3.63. The van der Waals surface area contributed by atoms with Gasteiger partial charge >= 0.3 is 0 Å². The predicted molar refractivity (Wildman–Crippen MR) is 68.3 cm³/mol. The van der Waals surface area contributed by atoms with Gasteiger partial charge in [-0.05, 0) is 11.6 Å². The Morgan fingerprint density at radius 3 is 2.72 bits per heavy atom. The molecule has 0 radical (unpaired) electrons. The van der Waals surface area contributed by atoms with Gasteiger partial charge in [-0.25, -0.2) is 8.42 Å². The molecule has 0 aliphatic carbocycles. The molecule has 0 amide bonds. The molecule has 2 rings (SSSR count). The van der Waals surface area contributed by atoms with Crippen LogP contribution in [0.25, 0.3) is 0 Å². The Balaban J connectivity index is 2.36. The molecule has 0 atom stereocenters. The fourth-order valence-corrected chi connectivity index (χ4v) is 2.90. The van der Waals surface area contributed by atoms with Crippen molar-refractivity contribution >= 4 is 15.7 Å². The average molecular weight is 266 g/mol. The van der Waals surface area contributed by atoms with Crippen molar-refractivity contribution in [3.8, 4) is 0 Å². The highest BCUT2D eigenvalue weighted by atomic mass is 32.2. The topological polar surface area (TPSA) is 90.0 Å². The van der Waals surface area contributed by atoms with E-state index >= 15 is 0 Å². The van der Waals surface area contributed by atoms with E-state index in [0.717, 1.165) is 0 Å². The van der Waals surface area contributed by atoms with Crippen LogP contribution in [0.1, 0.15) is 5.56 Å². The second-order valence-corrected chi connectivity index (χ2v) is 5.47. The van der Waals surface area contributed by atoms with Crippen molar-refractivity contribution in [2.24, 2.45) is 12.8 Å². The first kappa shape index (κ1) is 12.6. The van der Waals surface area contributed by atoms with Crippen LogP contribution in [-0.4, -0.2) is 18.2 Å². The molecular weight excluding hydrogens is 252 g/mol. The first-order valence-corrected chi connectivity index (χ1v) is 6.80. The Morgan fingerprint density at radius 2 is 2.11 bits per heavy atom. The van der Waals surface area contributed by atoms with Crippen LogP contribution in [0.3, 0.4) is 0 Å². The van der Waals surface area contributed by atoms with E-state index < -0.39 is 10.0 Å². The van der Waals surface area contributed by atoms with Crippen molar-refractivity contribution in [1.29, 1.82) is 0 Å². The van der Waals surface area contributed by atoms with Crippen LogP contribution in [0.4, 0.5) is 5.69 Å². The number of nitrogens with two attached hydrogens (primary N) is 1. The summed E-state index contributed by atoms with van der Waals surface area (Å²) >= 11 is 0. The van der Waals surface area contributed by atoms with Crippen molar-refractivity contribution < 1.29 is 8.42 Å². The highest BCUT2D eigenvalue weighted by Gasteiger charge is 2.17. The number of anilines is 1. The SMILES string of the molecule is Cn1cc(NS(=O)(=O)c2ccccc2CN)cn1. The Bertz CT molecular complexity index is 649. The highest BCUT2D eigenvalue weighted by molar-refractivity contribution is 7.92. The number of nitrogens with one attached hydrogen (secondary N) is 1. The monoisotopic (exact) mass is 266 g/mol. The molecule has 1 aromatic carbocycles. The standard InChI is InChI=1S/C11H14N4O2S/c1-15-8-10(7-13-15)14-18(16,17)11-5-3-2-4-9(11)6-12/h2-5,7-8,14H,6,12H2,1H3. The molecule has 0 unspecified atom stereocenters. The molecule has 96 valence electrons. The largest absolute Gasteiger partial charge is 0.326 e. The van der Waals surface area contributed by atoms with Crippen molar-refractivity contribution in [2.75, 3.05) is 4.72 Å². The van der Waals surface area contributed by atoms with E-state index in [-0.39, 0.29) is 11.4 Å². The summed E-state index contributed by atoms with van der Waals surface area (Å²) in [5, 5.41) is 3.90. The summed E-state index contributed by atoms with van der Waals surface area (Å²) in [6.07, 6.45) is 3.03. The summed E-state index contributed by atoms with van der Waals surface area (Å²) in [6, 6.07) is 6.64. The number of sulfonamides is 1. The summed E-state index contributed by atoms with van der Waals surface area (Å²) < 4.78 is 28.4.